The smallest absolute Gasteiger partial charge is 0.150 e. The predicted molar refractivity (Wildman–Crippen MR) is 140 cm³/mol. The number of carbonyl (C=O) groups excluding carboxylic acids is 1. The third-order valence-electron chi connectivity index (χ3n) is 6.36. The Hall–Kier alpha value is -4.92. The first-order valence-electron chi connectivity index (χ1n) is 11.9. The average Bonchev–Trinajstić information content (AvgIpc) is 3.63. The van der Waals surface area contributed by atoms with Crippen molar-refractivity contribution < 1.29 is 4.79 Å². The SMILES string of the molecule is Cc1cn(-c2ncnc3[nH]c(-c4ccc(CC(=O)Cc5cc(-c6ccncc6)nn5C)cc4)cc23)cn1. The van der Waals surface area contributed by atoms with E-state index in [1.807, 2.05) is 73.3 Å². The molecule has 0 aliphatic rings. The molecule has 9 heteroatoms. The molecule has 0 radical (unpaired) electrons. The van der Waals surface area contributed by atoms with Crippen LogP contribution in [0.15, 0.2) is 79.8 Å². The maximum Gasteiger partial charge on any atom is 0.150 e. The molecule has 5 heterocycles. The second kappa shape index (κ2) is 9.27. The van der Waals surface area contributed by atoms with Crippen LogP contribution in [0, 0.1) is 6.92 Å². The number of Topliss-reactive ketones (excluding diaryl/α,β-unsaturated/α-hetero) is 1. The minimum Gasteiger partial charge on any atom is -0.339 e. The molecule has 0 spiro atoms. The number of aromatic amines is 1. The van der Waals surface area contributed by atoms with Crippen LogP contribution in [0.3, 0.4) is 0 Å². The second-order valence-corrected chi connectivity index (χ2v) is 9.03. The molecule has 0 aliphatic carbocycles. The Morgan fingerprint density at radius 3 is 2.51 bits per heavy atom. The van der Waals surface area contributed by atoms with Gasteiger partial charge in [-0.2, -0.15) is 5.10 Å². The number of carbonyl (C=O) groups is 1. The van der Waals surface area contributed by atoms with E-state index in [-0.39, 0.29) is 5.78 Å². The summed E-state index contributed by atoms with van der Waals surface area (Å²) in [7, 11) is 1.87. The third-order valence-corrected chi connectivity index (χ3v) is 6.36. The summed E-state index contributed by atoms with van der Waals surface area (Å²) in [5.41, 5.74) is 7.30. The highest BCUT2D eigenvalue weighted by Crippen LogP contribution is 2.27. The fraction of sp³-hybridized carbons (Fsp3) is 0.143. The van der Waals surface area contributed by atoms with Crippen LogP contribution in [0.4, 0.5) is 0 Å². The van der Waals surface area contributed by atoms with E-state index >= 15 is 0 Å². The highest BCUT2D eigenvalue weighted by Gasteiger charge is 2.14. The van der Waals surface area contributed by atoms with Crippen molar-refractivity contribution in [1.29, 1.82) is 0 Å². The van der Waals surface area contributed by atoms with Crippen LogP contribution in [0.1, 0.15) is 17.0 Å². The van der Waals surface area contributed by atoms with Crippen LogP contribution >= 0.6 is 0 Å². The number of aryl methyl sites for hydroxylation is 2. The zero-order valence-corrected chi connectivity index (χ0v) is 20.5. The van der Waals surface area contributed by atoms with Crippen LogP contribution in [0.2, 0.25) is 0 Å². The first-order chi connectivity index (χ1) is 18.0. The van der Waals surface area contributed by atoms with Gasteiger partial charge in [0.05, 0.1) is 16.8 Å². The van der Waals surface area contributed by atoms with Crippen molar-refractivity contribution in [2.24, 2.45) is 7.05 Å². The molecule has 1 aromatic carbocycles. The molecule has 5 aromatic heterocycles. The van der Waals surface area contributed by atoms with E-state index in [1.165, 1.54) is 0 Å². The molecule has 9 nitrogen and oxygen atoms in total. The van der Waals surface area contributed by atoms with E-state index in [4.69, 9.17) is 0 Å². The summed E-state index contributed by atoms with van der Waals surface area (Å²) < 4.78 is 3.67. The molecule has 0 unspecified atom stereocenters. The number of fused-ring (bicyclic) bond motifs is 1. The minimum atomic E-state index is 0.137. The molecular weight excluding hydrogens is 464 g/mol. The van der Waals surface area contributed by atoms with Gasteiger partial charge in [0, 0.05) is 55.4 Å². The Balaban J connectivity index is 1.17. The Labute approximate surface area is 212 Å². The summed E-state index contributed by atoms with van der Waals surface area (Å²) in [5.74, 6) is 0.913. The van der Waals surface area contributed by atoms with E-state index < -0.39 is 0 Å². The zero-order valence-electron chi connectivity index (χ0n) is 20.5. The van der Waals surface area contributed by atoms with Gasteiger partial charge in [-0.15, -0.1) is 0 Å². The van der Waals surface area contributed by atoms with Crippen molar-refractivity contribution in [1.82, 2.24) is 39.3 Å². The van der Waals surface area contributed by atoms with Crippen molar-refractivity contribution in [3.63, 3.8) is 0 Å². The number of rotatable bonds is 7. The largest absolute Gasteiger partial charge is 0.339 e. The van der Waals surface area contributed by atoms with Gasteiger partial charge < -0.3 is 4.98 Å². The Morgan fingerprint density at radius 2 is 1.76 bits per heavy atom. The molecule has 0 bridgehead atoms. The van der Waals surface area contributed by atoms with Crippen molar-refractivity contribution in [3.8, 4) is 28.3 Å². The summed E-state index contributed by atoms with van der Waals surface area (Å²) in [6.45, 7) is 1.94. The van der Waals surface area contributed by atoms with Gasteiger partial charge in [0.25, 0.3) is 0 Å². The number of hydrogen-bond donors (Lipinski definition) is 1. The standard InChI is InChI=1S/C28H24N8O/c1-18-15-36(17-32-18)28-24-14-25(33-27(24)30-16-31-28)20-5-3-19(4-6-20)11-23(37)12-22-13-26(34-35(22)2)21-7-9-29-10-8-21/h3-10,13-17H,11-12H2,1-2H3,(H,30,31,33). The van der Waals surface area contributed by atoms with Gasteiger partial charge in [-0.3, -0.25) is 19.0 Å². The Bertz CT molecular complexity index is 1710. The normalized spacial score (nSPS) is 11.3. The number of nitrogens with one attached hydrogen (secondary N) is 1. The monoisotopic (exact) mass is 488 g/mol. The van der Waals surface area contributed by atoms with E-state index in [0.717, 1.165) is 56.3 Å². The average molecular weight is 489 g/mol. The number of ketones is 1. The highest BCUT2D eigenvalue weighted by atomic mass is 16.1. The fourth-order valence-electron chi connectivity index (χ4n) is 4.45. The summed E-state index contributed by atoms with van der Waals surface area (Å²) in [6.07, 6.45) is 9.39. The van der Waals surface area contributed by atoms with Crippen LogP contribution in [0.25, 0.3) is 39.4 Å². The van der Waals surface area contributed by atoms with Crippen LogP contribution in [0.5, 0.6) is 0 Å². The molecule has 0 saturated carbocycles. The van der Waals surface area contributed by atoms with Gasteiger partial charge in [0.1, 0.15) is 24.1 Å². The molecule has 0 atom stereocenters. The van der Waals surface area contributed by atoms with Gasteiger partial charge in [-0.05, 0) is 42.3 Å². The number of nitrogens with zero attached hydrogens (tertiary/aromatic N) is 7. The van der Waals surface area contributed by atoms with Crippen LogP contribution < -0.4 is 0 Å². The first kappa shape index (κ1) is 22.5. The fourth-order valence-corrected chi connectivity index (χ4v) is 4.45. The molecule has 0 amide bonds. The van der Waals surface area contributed by atoms with Gasteiger partial charge >= 0.3 is 0 Å². The lowest BCUT2D eigenvalue weighted by molar-refractivity contribution is -0.117. The zero-order chi connectivity index (χ0) is 25.4. The Kier molecular flexibility index (Phi) is 5.65. The molecule has 0 aliphatic heterocycles. The van der Waals surface area contributed by atoms with E-state index in [1.54, 1.807) is 29.7 Å². The summed E-state index contributed by atoms with van der Waals surface area (Å²) in [5, 5.41) is 5.46. The number of aromatic nitrogens is 8. The number of benzene rings is 1. The third kappa shape index (κ3) is 4.54. The predicted octanol–water partition coefficient (Wildman–Crippen LogP) is 4.27. The lowest BCUT2D eigenvalue weighted by Crippen LogP contribution is -2.10. The summed E-state index contributed by atoms with van der Waals surface area (Å²) in [4.78, 5) is 33.4. The summed E-state index contributed by atoms with van der Waals surface area (Å²) >= 11 is 0. The maximum atomic E-state index is 12.8. The molecule has 6 aromatic rings. The molecule has 6 rings (SSSR count). The quantitative estimate of drug-likeness (QED) is 0.360. The van der Waals surface area contributed by atoms with Gasteiger partial charge in [0.15, 0.2) is 5.82 Å². The topological polar surface area (TPSA) is 107 Å². The molecular formula is C28H24N8O. The van der Waals surface area contributed by atoms with Crippen LogP contribution in [-0.2, 0) is 24.7 Å². The molecule has 0 fully saturated rings. The van der Waals surface area contributed by atoms with Crippen LogP contribution in [-0.4, -0.2) is 45.1 Å². The number of pyridine rings is 1. The Morgan fingerprint density at radius 1 is 0.946 bits per heavy atom. The number of imidazole rings is 1. The van der Waals surface area contributed by atoms with Crippen molar-refractivity contribution >= 4 is 16.8 Å². The minimum absolute atomic E-state index is 0.137. The number of H-pyrrole nitrogens is 1. The van der Waals surface area contributed by atoms with E-state index in [9.17, 15) is 4.79 Å². The molecule has 37 heavy (non-hydrogen) atoms. The lowest BCUT2D eigenvalue weighted by Gasteiger charge is -2.04. The highest BCUT2D eigenvalue weighted by molar-refractivity contribution is 5.88. The molecule has 182 valence electrons. The summed E-state index contributed by atoms with van der Waals surface area (Å²) in [6, 6.07) is 15.9. The van der Waals surface area contributed by atoms with E-state index in [0.29, 0.717) is 12.8 Å². The van der Waals surface area contributed by atoms with Gasteiger partial charge in [0.2, 0.25) is 0 Å². The van der Waals surface area contributed by atoms with Crippen molar-refractivity contribution in [2.75, 3.05) is 0 Å². The van der Waals surface area contributed by atoms with Gasteiger partial charge in [-0.25, -0.2) is 15.0 Å². The maximum absolute atomic E-state index is 12.8. The molecule has 1 N–H and O–H groups in total. The number of hydrogen-bond acceptors (Lipinski definition) is 6. The van der Waals surface area contributed by atoms with E-state index in [2.05, 4.69) is 30.0 Å². The van der Waals surface area contributed by atoms with Crippen molar-refractivity contribution in [3.05, 3.63) is 96.7 Å². The molecule has 0 saturated heterocycles. The first-order valence-corrected chi connectivity index (χ1v) is 11.9. The second-order valence-electron chi connectivity index (χ2n) is 9.03. The van der Waals surface area contributed by atoms with Gasteiger partial charge in [-0.1, -0.05) is 24.3 Å². The van der Waals surface area contributed by atoms with Crippen molar-refractivity contribution in [2.45, 2.75) is 19.8 Å². The lowest BCUT2D eigenvalue weighted by atomic mass is 10.0.